The zero-order chi connectivity index (χ0) is 18.7. The van der Waals surface area contributed by atoms with Gasteiger partial charge in [-0.05, 0) is 31.2 Å². The van der Waals surface area contributed by atoms with Crippen LogP contribution in [-0.4, -0.2) is 27.8 Å². The molecular formula is C19H20ClN3O2S. The summed E-state index contributed by atoms with van der Waals surface area (Å²) in [6.45, 7) is 2.29. The number of benzene rings is 2. The average Bonchev–Trinajstić information content (AvgIpc) is 2.94. The molecule has 0 saturated carbocycles. The van der Waals surface area contributed by atoms with Gasteiger partial charge < -0.3 is 14.6 Å². The summed E-state index contributed by atoms with van der Waals surface area (Å²) in [5.41, 5.74) is 2.75. The number of amides is 1. The first-order valence-corrected chi connectivity index (χ1v) is 9.43. The maximum atomic E-state index is 12.5. The van der Waals surface area contributed by atoms with Crippen molar-refractivity contribution in [2.75, 3.05) is 7.11 Å². The van der Waals surface area contributed by atoms with Crippen LogP contribution in [0, 0.1) is 0 Å². The molecule has 3 rings (SSSR count). The van der Waals surface area contributed by atoms with Gasteiger partial charge in [-0.1, -0.05) is 41.6 Å². The van der Waals surface area contributed by atoms with Crippen molar-refractivity contribution in [2.24, 2.45) is 7.05 Å². The molecule has 0 aliphatic carbocycles. The number of carbonyl (C=O) groups is 1. The highest BCUT2D eigenvalue weighted by Gasteiger charge is 2.18. The third kappa shape index (κ3) is 3.97. The van der Waals surface area contributed by atoms with Crippen LogP contribution in [0.2, 0.25) is 5.02 Å². The summed E-state index contributed by atoms with van der Waals surface area (Å²) in [5.74, 6) is 0.714. The summed E-state index contributed by atoms with van der Waals surface area (Å²) in [6.07, 6.45) is 0. The molecule has 136 valence electrons. The average molecular weight is 390 g/mol. The van der Waals surface area contributed by atoms with Gasteiger partial charge in [0.1, 0.15) is 5.75 Å². The summed E-state index contributed by atoms with van der Waals surface area (Å²) in [7, 11) is 3.56. The van der Waals surface area contributed by atoms with E-state index in [0.29, 0.717) is 11.6 Å². The molecule has 0 saturated heterocycles. The highest BCUT2D eigenvalue weighted by molar-refractivity contribution is 8.00. The number of fused-ring (bicyclic) bond motifs is 1. The van der Waals surface area contributed by atoms with Gasteiger partial charge in [-0.2, -0.15) is 0 Å². The second-order valence-electron chi connectivity index (χ2n) is 5.88. The molecule has 1 unspecified atom stereocenters. The lowest BCUT2D eigenvalue weighted by atomic mass is 10.2. The molecule has 0 aliphatic rings. The van der Waals surface area contributed by atoms with E-state index >= 15 is 0 Å². The van der Waals surface area contributed by atoms with Crippen LogP contribution in [-0.2, 0) is 18.4 Å². The van der Waals surface area contributed by atoms with Gasteiger partial charge in [0.15, 0.2) is 5.16 Å². The standard InChI is InChI=1S/C19H20ClN3O2S/c1-12(18(24)21-11-13-6-4-5-7-17(13)25-3)26-19-22-15-10-14(20)8-9-16(15)23(19)2/h4-10,12H,11H2,1-3H3,(H,21,24). The maximum absolute atomic E-state index is 12.5. The van der Waals surface area contributed by atoms with Crippen LogP contribution in [0.15, 0.2) is 47.6 Å². The predicted molar refractivity (Wildman–Crippen MR) is 106 cm³/mol. The number of thioether (sulfide) groups is 1. The zero-order valence-corrected chi connectivity index (χ0v) is 16.4. The monoisotopic (exact) mass is 389 g/mol. The van der Waals surface area contributed by atoms with E-state index in [9.17, 15) is 4.79 Å². The van der Waals surface area contributed by atoms with Gasteiger partial charge in [-0.25, -0.2) is 4.98 Å². The van der Waals surface area contributed by atoms with E-state index in [1.807, 2.05) is 61.0 Å². The van der Waals surface area contributed by atoms with Crippen LogP contribution in [0.4, 0.5) is 0 Å². The van der Waals surface area contributed by atoms with E-state index < -0.39 is 0 Å². The molecule has 0 bridgehead atoms. The van der Waals surface area contributed by atoms with E-state index in [1.54, 1.807) is 7.11 Å². The summed E-state index contributed by atoms with van der Waals surface area (Å²) in [5, 5.41) is 4.10. The van der Waals surface area contributed by atoms with E-state index in [1.165, 1.54) is 11.8 Å². The van der Waals surface area contributed by atoms with Crippen molar-refractivity contribution in [3.8, 4) is 5.75 Å². The molecule has 7 heteroatoms. The largest absolute Gasteiger partial charge is 0.496 e. The molecule has 2 aromatic carbocycles. The molecule has 0 radical (unpaired) electrons. The van der Waals surface area contributed by atoms with Crippen molar-refractivity contribution in [2.45, 2.75) is 23.9 Å². The minimum atomic E-state index is -0.282. The highest BCUT2D eigenvalue weighted by Crippen LogP contribution is 2.28. The smallest absolute Gasteiger partial charge is 0.233 e. The fourth-order valence-electron chi connectivity index (χ4n) is 2.64. The van der Waals surface area contributed by atoms with Crippen molar-refractivity contribution in [3.05, 3.63) is 53.1 Å². The number of nitrogens with zero attached hydrogens (tertiary/aromatic N) is 2. The molecule has 3 aromatic rings. The topological polar surface area (TPSA) is 56.1 Å². The second-order valence-corrected chi connectivity index (χ2v) is 7.62. The number of methoxy groups -OCH3 is 1. The van der Waals surface area contributed by atoms with Crippen LogP contribution < -0.4 is 10.1 Å². The Morgan fingerprint density at radius 3 is 2.88 bits per heavy atom. The van der Waals surface area contributed by atoms with Crippen LogP contribution >= 0.6 is 23.4 Å². The van der Waals surface area contributed by atoms with Gasteiger partial charge in [-0.3, -0.25) is 4.79 Å². The number of hydrogen-bond donors (Lipinski definition) is 1. The highest BCUT2D eigenvalue weighted by atomic mass is 35.5. The predicted octanol–water partition coefficient (Wildman–Crippen LogP) is 4.03. The quantitative estimate of drug-likeness (QED) is 0.646. The fraction of sp³-hybridized carbons (Fsp3) is 0.263. The molecule has 1 amide bonds. The van der Waals surface area contributed by atoms with Crippen molar-refractivity contribution in [1.82, 2.24) is 14.9 Å². The summed E-state index contributed by atoms with van der Waals surface area (Å²) in [4.78, 5) is 17.1. The zero-order valence-electron chi connectivity index (χ0n) is 14.8. The van der Waals surface area contributed by atoms with E-state index in [2.05, 4.69) is 10.3 Å². The Morgan fingerprint density at radius 1 is 1.35 bits per heavy atom. The van der Waals surface area contributed by atoms with Crippen LogP contribution in [0.1, 0.15) is 12.5 Å². The fourth-order valence-corrected chi connectivity index (χ4v) is 3.72. The first-order chi connectivity index (χ1) is 12.5. The van der Waals surface area contributed by atoms with Crippen LogP contribution in [0.5, 0.6) is 5.75 Å². The minimum Gasteiger partial charge on any atom is -0.496 e. The van der Waals surface area contributed by atoms with Crippen molar-refractivity contribution in [1.29, 1.82) is 0 Å². The SMILES string of the molecule is COc1ccccc1CNC(=O)C(C)Sc1nc2cc(Cl)ccc2n1C. The van der Waals surface area contributed by atoms with Gasteiger partial charge in [0.2, 0.25) is 5.91 Å². The molecule has 0 fully saturated rings. The Bertz CT molecular complexity index is 942. The van der Waals surface area contributed by atoms with Gasteiger partial charge in [0.25, 0.3) is 0 Å². The number of para-hydroxylation sites is 1. The Labute approximate surface area is 161 Å². The lowest BCUT2D eigenvalue weighted by Gasteiger charge is -2.13. The van der Waals surface area contributed by atoms with Gasteiger partial charge in [-0.15, -0.1) is 0 Å². The van der Waals surface area contributed by atoms with Crippen molar-refractivity contribution < 1.29 is 9.53 Å². The number of carbonyl (C=O) groups excluding carboxylic acids is 1. The lowest BCUT2D eigenvalue weighted by molar-refractivity contribution is -0.120. The second kappa shape index (κ2) is 8.01. The van der Waals surface area contributed by atoms with E-state index in [4.69, 9.17) is 16.3 Å². The van der Waals surface area contributed by atoms with Gasteiger partial charge >= 0.3 is 0 Å². The number of hydrogen-bond acceptors (Lipinski definition) is 4. The Kier molecular flexibility index (Phi) is 5.74. The number of ether oxygens (including phenoxy) is 1. The molecule has 1 N–H and O–H groups in total. The number of imidazole rings is 1. The van der Waals surface area contributed by atoms with Crippen LogP contribution in [0.25, 0.3) is 11.0 Å². The number of rotatable bonds is 6. The Morgan fingerprint density at radius 2 is 2.12 bits per heavy atom. The molecule has 5 nitrogen and oxygen atoms in total. The van der Waals surface area contributed by atoms with E-state index in [0.717, 1.165) is 27.5 Å². The maximum Gasteiger partial charge on any atom is 0.233 e. The van der Waals surface area contributed by atoms with Crippen molar-refractivity contribution in [3.63, 3.8) is 0 Å². The molecule has 1 atom stereocenters. The summed E-state index contributed by atoms with van der Waals surface area (Å²) < 4.78 is 7.28. The lowest BCUT2D eigenvalue weighted by Crippen LogP contribution is -2.30. The van der Waals surface area contributed by atoms with Crippen LogP contribution in [0.3, 0.4) is 0 Å². The molecular weight excluding hydrogens is 370 g/mol. The third-order valence-electron chi connectivity index (χ3n) is 4.10. The molecule has 26 heavy (non-hydrogen) atoms. The first-order valence-electron chi connectivity index (χ1n) is 8.18. The summed E-state index contributed by atoms with van der Waals surface area (Å²) in [6, 6.07) is 13.2. The van der Waals surface area contributed by atoms with Gasteiger partial charge in [0, 0.05) is 24.2 Å². The van der Waals surface area contributed by atoms with Gasteiger partial charge in [0.05, 0.1) is 23.4 Å². The molecule has 0 aliphatic heterocycles. The number of aryl methyl sites for hydroxylation is 1. The first kappa shape index (κ1) is 18.6. The number of nitrogens with one attached hydrogen (secondary N) is 1. The Hall–Kier alpha value is -2.18. The molecule has 1 aromatic heterocycles. The van der Waals surface area contributed by atoms with Crippen molar-refractivity contribution >= 4 is 40.3 Å². The summed E-state index contributed by atoms with van der Waals surface area (Å²) >= 11 is 7.45. The third-order valence-corrected chi connectivity index (χ3v) is 5.48. The van der Waals surface area contributed by atoms with E-state index in [-0.39, 0.29) is 11.2 Å². The molecule has 1 heterocycles. The minimum absolute atomic E-state index is 0.0500. The number of halogens is 1. The Balaban J connectivity index is 1.67. The number of aromatic nitrogens is 2. The molecule has 0 spiro atoms. The normalized spacial score (nSPS) is 12.2.